The molecule has 2 aliphatic heterocycles. The van der Waals surface area contributed by atoms with Gasteiger partial charge in [0.25, 0.3) is 5.91 Å². The van der Waals surface area contributed by atoms with Gasteiger partial charge in [0.15, 0.2) is 0 Å². The van der Waals surface area contributed by atoms with E-state index in [-0.39, 0.29) is 18.5 Å². The fourth-order valence-corrected chi connectivity index (χ4v) is 5.15. The first-order valence-electron chi connectivity index (χ1n) is 11.1. The number of esters is 1. The van der Waals surface area contributed by atoms with Crippen LogP contribution in [0.15, 0.2) is 53.0 Å². The lowest BCUT2D eigenvalue weighted by Crippen LogP contribution is -2.53. The van der Waals surface area contributed by atoms with Gasteiger partial charge in [-0.1, -0.05) is 35.9 Å². The largest absolute Gasteiger partial charge is 0.463 e. The Morgan fingerprint density at radius 1 is 1.15 bits per heavy atom. The maximum atomic E-state index is 13.1. The molecule has 0 aliphatic carbocycles. The lowest BCUT2D eigenvalue weighted by Gasteiger charge is -2.39. The van der Waals surface area contributed by atoms with Crippen LogP contribution < -0.4 is 5.32 Å². The maximum absolute atomic E-state index is 13.1. The molecule has 10 heteroatoms. The minimum absolute atomic E-state index is 0.0361. The van der Waals surface area contributed by atoms with Gasteiger partial charge in [0.05, 0.1) is 23.1 Å². The third-order valence-corrected chi connectivity index (χ3v) is 7.26. The van der Waals surface area contributed by atoms with Crippen LogP contribution in [0, 0.1) is 0 Å². The van der Waals surface area contributed by atoms with Crippen molar-refractivity contribution in [3.63, 3.8) is 0 Å². The molecular formula is C24H27ClN4O4S. The Hall–Kier alpha value is -2.88. The maximum Gasteiger partial charge on any atom is 0.338 e. The zero-order valence-electron chi connectivity index (χ0n) is 19.1. The Bertz CT molecular complexity index is 1100. The second kappa shape index (κ2) is 10.6. The summed E-state index contributed by atoms with van der Waals surface area (Å²) in [5.74, 6) is -0.449. The molecule has 1 saturated heterocycles. The molecule has 1 aromatic heterocycles. The second-order valence-corrected chi connectivity index (χ2v) is 9.44. The van der Waals surface area contributed by atoms with E-state index >= 15 is 0 Å². The molecule has 0 radical (unpaired) electrons. The minimum atomic E-state index is -0.715. The molecule has 2 aliphatic rings. The van der Waals surface area contributed by atoms with E-state index in [2.05, 4.69) is 10.2 Å². The smallest absolute Gasteiger partial charge is 0.338 e. The standard InChI is InChI=1S/C24H27ClN4O4S/c1-3-33-23(31)20-18(27(2)24(32)26-21(20)16-7-4-5-8-17(16)25)15-28-10-12-29(13-11-28)22(30)19-9-6-14-34-19/h4-9,14,21H,3,10-13,15H2,1-2H3,(H,26,32)/t21-/m1/s1. The van der Waals surface area contributed by atoms with Crippen LogP contribution in [0.3, 0.4) is 0 Å². The van der Waals surface area contributed by atoms with Crippen molar-refractivity contribution in [1.82, 2.24) is 20.0 Å². The highest BCUT2D eigenvalue weighted by Crippen LogP contribution is 2.34. The van der Waals surface area contributed by atoms with E-state index in [1.54, 1.807) is 32.2 Å². The average molecular weight is 503 g/mol. The van der Waals surface area contributed by atoms with Crippen LogP contribution in [-0.4, -0.2) is 79.0 Å². The van der Waals surface area contributed by atoms with Crippen molar-refractivity contribution in [2.24, 2.45) is 0 Å². The molecule has 34 heavy (non-hydrogen) atoms. The molecule has 1 fully saturated rings. The predicted molar refractivity (Wildman–Crippen MR) is 131 cm³/mol. The third kappa shape index (κ3) is 4.96. The van der Waals surface area contributed by atoms with E-state index in [1.165, 1.54) is 16.2 Å². The number of hydrogen-bond acceptors (Lipinski definition) is 6. The Morgan fingerprint density at radius 3 is 2.53 bits per heavy atom. The molecule has 0 bridgehead atoms. The van der Waals surface area contributed by atoms with Gasteiger partial charge >= 0.3 is 12.0 Å². The molecular weight excluding hydrogens is 476 g/mol. The first-order valence-corrected chi connectivity index (χ1v) is 12.4. The van der Waals surface area contributed by atoms with Gasteiger partial charge in [-0.2, -0.15) is 0 Å². The number of benzene rings is 1. The number of ether oxygens (including phenoxy) is 1. The van der Waals surface area contributed by atoms with E-state index in [4.69, 9.17) is 16.3 Å². The van der Waals surface area contributed by atoms with Crippen molar-refractivity contribution < 1.29 is 19.1 Å². The average Bonchev–Trinajstić information content (AvgIpc) is 3.37. The van der Waals surface area contributed by atoms with Crippen molar-refractivity contribution >= 4 is 40.8 Å². The van der Waals surface area contributed by atoms with Gasteiger partial charge in [-0.3, -0.25) is 14.6 Å². The lowest BCUT2D eigenvalue weighted by atomic mass is 9.94. The highest BCUT2D eigenvalue weighted by Gasteiger charge is 2.38. The highest BCUT2D eigenvalue weighted by molar-refractivity contribution is 7.12. The van der Waals surface area contributed by atoms with E-state index in [0.717, 1.165) is 4.88 Å². The summed E-state index contributed by atoms with van der Waals surface area (Å²) in [5.41, 5.74) is 1.58. The van der Waals surface area contributed by atoms with Gasteiger partial charge in [0.1, 0.15) is 0 Å². The van der Waals surface area contributed by atoms with Crippen molar-refractivity contribution in [2.45, 2.75) is 13.0 Å². The third-order valence-electron chi connectivity index (χ3n) is 6.05. The van der Waals surface area contributed by atoms with Crippen LogP contribution in [-0.2, 0) is 9.53 Å². The van der Waals surface area contributed by atoms with Gasteiger partial charge in [-0.15, -0.1) is 11.3 Å². The number of carbonyl (C=O) groups excluding carboxylic acids is 3. The molecule has 3 heterocycles. The first kappa shape index (κ1) is 24.3. The Labute approximate surface area is 207 Å². The van der Waals surface area contributed by atoms with Crippen LogP contribution in [0.4, 0.5) is 4.79 Å². The summed E-state index contributed by atoms with van der Waals surface area (Å²) in [4.78, 5) is 44.8. The first-order chi connectivity index (χ1) is 16.4. The number of thiophene rings is 1. The summed E-state index contributed by atoms with van der Waals surface area (Å²) in [6.45, 7) is 4.74. The molecule has 1 atom stereocenters. The fraction of sp³-hybridized carbons (Fsp3) is 0.375. The zero-order chi connectivity index (χ0) is 24.2. The van der Waals surface area contributed by atoms with Crippen LogP contribution in [0.25, 0.3) is 0 Å². The summed E-state index contributed by atoms with van der Waals surface area (Å²) < 4.78 is 5.38. The molecule has 3 amide bonds. The number of likely N-dealkylation sites (N-methyl/N-ethyl adjacent to an activating group) is 1. The van der Waals surface area contributed by atoms with E-state index < -0.39 is 12.0 Å². The van der Waals surface area contributed by atoms with Crippen molar-refractivity contribution in [3.05, 3.63) is 68.5 Å². The summed E-state index contributed by atoms with van der Waals surface area (Å²) in [7, 11) is 1.64. The normalized spacial score (nSPS) is 19.3. The molecule has 1 aromatic carbocycles. The molecule has 0 unspecified atom stereocenters. The summed E-state index contributed by atoms with van der Waals surface area (Å²) in [6, 6.07) is 9.81. The van der Waals surface area contributed by atoms with Gasteiger partial charge in [-0.25, -0.2) is 9.59 Å². The van der Waals surface area contributed by atoms with Crippen LogP contribution in [0.2, 0.25) is 5.02 Å². The summed E-state index contributed by atoms with van der Waals surface area (Å²) in [5, 5.41) is 5.24. The Kier molecular flexibility index (Phi) is 7.55. The van der Waals surface area contributed by atoms with E-state index in [1.807, 2.05) is 28.5 Å². The van der Waals surface area contributed by atoms with Crippen molar-refractivity contribution in [2.75, 3.05) is 46.4 Å². The number of carbonyl (C=O) groups is 3. The molecule has 1 N–H and O–H groups in total. The van der Waals surface area contributed by atoms with Crippen molar-refractivity contribution in [3.8, 4) is 0 Å². The fourth-order valence-electron chi connectivity index (χ4n) is 4.22. The van der Waals surface area contributed by atoms with Gasteiger partial charge in [-0.05, 0) is 30.0 Å². The summed E-state index contributed by atoms with van der Waals surface area (Å²) >= 11 is 7.87. The molecule has 2 aromatic rings. The number of urea groups is 1. The lowest BCUT2D eigenvalue weighted by molar-refractivity contribution is -0.139. The monoisotopic (exact) mass is 502 g/mol. The second-order valence-electron chi connectivity index (χ2n) is 8.09. The van der Waals surface area contributed by atoms with Crippen LogP contribution in [0.1, 0.15) is 28.2 Å². The number of piperazine rings is 1. The van der Waals surface area contributed by atoms with Gasteiger partial charge < -0.3 is 15.0 Å². The van der Waals surface area contributed by atoms with Crippen LogP contribution >= 0.6 is 22.9 Å². The number of hydrogen-bond donors (Lipinski definition) is 1. The number of halogens is 1. The predicted octanol–water partition coefficient (Wildman–Crippen LogP) is 3.37. The zero-order valence-corrected chi connectivity index (χ0v) is 20.7. The quantitative estimate of drug-likeness (QED) is 0.612. The molecule has 0 spiro atoms. The van der Waals surface area contributed by atoms with Gasteiger partial charge in [0, 0.05) is 50.5 Å². The highest BCUT2D eigenvalue weighted by atomic mass is 35.5. The topological polar surface area (TPSA) is 82.2 Å². The number of rotatable bonds is 6. The number of nitrogens with zero attached hydrogens (tertiary/aromatic N) is 3. The van der Waals surface area contributed by atoms with E-state index in [9.17, 15) is 14.4 Å². The van der Waals surface area contributed by atoms with Gasteiger partial charge in [0.2, 0.25) is 0 Å². The molecule has 0 saturated carbocycles. The number of amides is 3. The van der Waals surface area contributed by atoms with Crippen molar-refractivity contribution in [1.29, 1.82) is 0 Å². The Balaban J connectivity index is 1.59. The summed E-state index contributed by atoms with van der Waals surface area (Å²) in [6.07, 6.45) is 0. The van der Waals surface area contributed by atoms with Crippen LogP contribution in [0.5, 0.6) is 0 Å². The number of nitrogens with one attached hydrogen (secondary N) is 1. The van der Waals surface area contributed by atoms with E-state index in [0.29, 0.717) is 54.6 Å². The minimum Gasteiger partial charge on any atom is -0.463 e. The SMILES string of the molecule is CCOC(=O)C1=C(CN2CCN(C(=O)c3cccs3)CC2)N(C)C(=O)N[C@@H]1c1ccccc1Cl. The Morgan fingerprint density at radius 2 is 1.88 bits per heavy atom. The molecule has 4 rings (SSSR count). The molecule has 180 valence electrons. The molecule has 8 nitrogen and oxygen atoms in total.